The van der Waals surface area contributed by atoms with E-state index in [2.05, 4.69) is 10.6 Å². The third-order valence-electron chi connectivity index (χ3n) is 8.82. The van der Waals surface area contributed by atoms with Gasteiger partial charge < -0.3 is 29.4 Å². The Kier molecular flexibility index (Phi) is 10.2. The van der Waals surface area contributed by atoms with E-state index < -0.39 is 41.7 Å². The Balaban J connectivity index is 1.37. The van der Waals surface area contributed by atoms with Crippen LogP contribution in [0, 0.1) is 5.41 Å². The van der Waals surface area contributed by atoms with Crippen LogP contribution in [0.2, 0.25) is 0 Å². The summed E-state index contributed by atoms with van der Waals surface area (Å²) in [6, 6.07) is 14.3. The molecule has 0 aromatic heterocycles. The minimum atomic E-state index is -1.19. The summed E-state index contributed by atoms with van der Waals surface area (Å²) in [7, 11) is -0.531. The number of carbonyl (C=O) groups excluding carboxylic acids is 3. The molecule has 1 heterocycles. The quantitative estimate of drug-likeness (QED) is 0.193. The summed E-state index contributed by atoms with van der Waals surface area (Å²) in [4.78, 5) is 39.0. The lowest BCUT2D eigenvalue weighted by atomic mass is 9.68. The molecule has 2 N–H and O–H groups in total. The monoisotopic (exact) mass is 592 g/mol. The molecule has 10 heteroatoms. The van der Waals surface area contributed by atoms with Gasteiger partial charge in [0.25, 0.3) is 0 Å². The molecule has 1 saturated carbocycles. The summed E-state index contributed by atoms with van der Waals surface area (Å²) in [5.41, 5.74) is 0.247. The number of hydrogen-bond donors (Lipinski definition) is 2. The Labute approximate surface area is 255 Å². The molecule has 1 atom stereocenters. The van der Waals surface area contributed by atoms with Gasteiger partial charge in [-0.3, -0.25) is 14.4 Å². The summed E-state index contributed by atoms with van der Waals surface area (Å²) in [6.45, 7) is 12.3. The zero-order chi connectivity index (χ0) is 31.3. The number of unbranched alkanes of at least 4 members (excludes halogenated alkanes) is 1. The van der Waals surface area contributed by atoms with E-state index in [1.54, 1.807) is 6.92 Å². The lowest BCUT2D eigenvalue weighted by Crippen LogP contribution is -2.56. The molecular weight excluding hydrogens is 547 g/mol. The van der Waals surface area contributed by atoms with Crippen LogP contribution >= 0.6 is 0 Å². The van der Waals surface area contributed by atoms with E-state index >= 15 is 0 Å². The molecule has 2 amide bonds. The smallest absolute Gasteiger partial charge is 0.489 e. The van der Waals surface area contributed by atoms with Crippen LogP contribution in [0.3, 0.4) is 0 Å². The number of para-hydroxylation sites is 1. The van der Waals surface area contributed by atoms with Gasteiger partial charge in [-0.1, -0.05) is 56.5 Å². The van der Waals surface area contributed by atoms with Crippen LogP contribution in [0.4, 0.5) is 5.69 Å². The first-order valence-corrected chi connectivity index (χ1v) is 15.4. The molecule has 0 bridgehead atoms. The maximum atomic E-state index is 13.2. The Morgan fingerprint density at radius 3 is 2.19 bits per heavy atom. The van der Waals surface area contributed by atoms with E-state index in [-0.39, 0.29) is 12.5 Å². The highest BCUT2D eigenvalue weighted by Crippen LogP contribution is 2.42. The van der Waals surface area contributed by atoms with Crippen molar-refractivity contribution in [1.29, 1.82) is 0 Å². The SMILES string of the molecule is CCCC[C@H](NC(=O)C1(C(=O)OCC)CCC1)C(=O)Nc1ccc(COc2ccccc2B2OC(C)(C)C(C)(C)O2)cc1. The molecule has 0 spiro atoms. The van der Waals surface area contributed by atoms with Gasteiger partial charge in [0.2, 0.25) is 11.8 Å². The van der Waals surface area contributed by atoms with Gasteiger partial charge >= 0.3 is 13.1 Å². The summed E-state index contributed by atoms with van der Waals surface area (Å²) in [5.74, 6) is -0.577. The van der Waals surface area contributed by atoms with Gasteiger partial charge in [0, 0.05) is 11.2 Å². The standard InChI is InChI=1S/C33H45BN2O7/c1-7-9-14-26(36-29(38)33(20-12-21-33)30(39)40-8-2)28(37)35-24-18-16-23(17-19-24)22-41-27-15-11-10-13-25(27)34-42-31(3,4)32(5,6)43-34/h10-11,13,15-19,26H,7-9,12,14,20-22H2,1-6H3,(H,35,37)(H,36,38)/t26-/m0/s1. The third kappa shape index (κ3) is 7.24. The van der Waals surface area contributed by atoms with Crippen LogP contribution < -0.4 is 20.8 Å². The summed E-state index contributed by atoms with van der Waals surface area (Å²) < 4.78 is 23.8. The molecule has 9 nitrogen and oxygen atoms in total. The number of anilines is 1. The Morgan fingerprint density at radius 2 is 1.60 bits per heavy atom. The average molecular weight is 593 g/mol. The van der Waals surface area contributed by atoms with Crippen LogP contribution in [0.25, 0.3) is 0 Å². The van der Waals surface area contributed by atoms with Crippen molar-refractivity contribution in [1.82, 2.24) is 5.32 Å². The molecule has 0 unspecified atom stereocenters. The molecule has 0 radical (unpaired) electrons. The predicted molar refractivity (Wildman–Crippen MR) is 166 cm³/mol. The largest absolute Gasteiger partial charge is 0.498 e. The number of esters is 1. The first kappa shape index (κ1) is 32.5. The zero-order valence-electron chi connectivity index (χ0n) is 26.3. The maximum Gasteiger partial charge on any atom is 0.498 e. The molecule has 2 fully saturated rings. The Hall–Kier alpha value is -3.37. The molecule has 1 saturated heterocycles. The average Bonchev–Trinajstić information content (AvgIpc) is 3.16. The van der Waals surface area contributed by atoms with Gasteiger partial charge in [0.1, 0.15) is 23.8 Å². The van der Waals surface area contributed by atoms with Crippen LogP contribution in [0.15, 0.2) is 48.5 Å². The zero-order valence-corrected chi connectivity index (χ0v) is 26.3. The van der Waals surface area contributed by atoms with E-state index in [1.807, 2.05) is 83.1 Å². The third-order valence-corrected chi connectivity index (χ3v) is 8.82. The van der Waals surface area contributed by atoms with Gasteiger partial charge in [-0.15, -0.1) is 0 Å². The highest BCUT2D eigenvalue weighted by molar-refractivity contribution is 6.63. The number of rotatable bonds is 13. The van der Waals surface area contributed by atoms with Gasteiger partial charge in [-0.05, 0) is 77.6 Å². The van der Waals surface area contributed by atoms with E-state index in [4.69, 9.17) is 18.8 Å². The molecule has 43 heavy (non-hydrogen) atoms. The fourth-order valence-electron chi connectivity index (χ4n) is 5.15. The maximum absolute atomic E-state index is 13.2. The minimum Gasteiger partial charge on any atom is -0.489 e. The van der Waals surface area contributed by atoms with Gasteiger partial charge in [-0.25, -0.2) is 0 Å². The summed E-state index contributed by atoms with van der Waals surface area (Å²) in [5, 5.41) is 5.77. The normalized spacial score (nSPS) is 18.7. The molecule has 1 aliphatic carbocycles. The van der Waals surface area contributed by atoms with E-state index in [1.165, 1.54) is 0 Å². The Morgan fingerprint density at radius 1 is 0.953 bits per heavy atom. The van der Waals surface area contributed by atoms with Crippen LogP contribution in [0.5, 0.6) is 5.75 Å². The fourth-order valence-corrected chi connectivity index (χ4v) is 5.15. The molecule has 2 aromatic rings. The van der Waals surface area contributed by atoms with Crippen molar-refractivity contribution in [2.75, 3.05) is 11.9 Å². The van der Waals surface area contributed by atoms with E-state index in [9.17, 15) is 14.4 Å². The van der Waals surface area contributed by atoms with Gasteiger partial charge in [0.15, 0.2) is 0 Å². The van der Waals surface area contributed by atoms with Crippen molar-refractivity contribution >= 4 is 36.1 Å². The number of benzene rings is 2. The summed E-state index contributed by atoms with van der Waals surface area (Å²) in [6.07, 6.45) is 3.75. The molecule has 4 rings (SSSR count). The van der Waals surface area contributed by atoms with Crippen molar-refractivity contribution in [3.8, 4) is 5.75 Å². The molecular formula is C33H45BN2O7. The van der Waals surface area contributed by atoms with Crippen molar-refractivity contribution in [3.63, 3.8) is 0 Å². The van der Waals surface area contributed by atoms with Crippen molar-refractivity contribution in [2.45, 2.75) is 104 Å². The number of nitrogens with one attached hydrogen (secondary N) is 2. The second kappa shape index (κ2) is 13.5. The lowest BCUT2D eigenvalue weighted by Gasteiger charge is -2.38. The topological polar surface area (TPSA) is 112 Å². The fraction of sp³-hybridized carbons (Fsp3) is 0.545. The number of amides is 2. The van der Waals surface area contributed by atoms with Crippen LogP contribution in [-0.4, -0.2) is 48.8 Å². The minimum absolute atomic E-state index is 0.210. The number of ether oxygens (including phenoxy) is 2. The predicted octanol–water partition coefficient (Wildman–Crippen LogP) is 4.91. The van der Waals surface area contributed by atoms with Crippen molar-refractivity contribution in [2.24, 2.45) is 5.41 Å². The van der Waals surface area contributed by atoms with E-state index in [0.29, 0.717) is 37.3 Å². The van der Waals surface area contributed by atoms with Crippen LogP contribution in [0.1, 0.15) is 85.6 Å². The highest BCUT2D eigenvalue weighted by atomic mass is 16.7. The molecule has 1 aliphatic heterocycles. The molecule has 2 aliphatic rings. The lowest BCUT2D eigenvalue weighted by molar-refractivity contribution is -0.167. The second-order valence-electron chi connectivity index (χ2n) is 12.4. The molecule has 2 aromatic carbocycles. The van der Waals surface area contributed by atoms with Gasteiger partial charge in [-0.2, -0.15) is 0 Å². The number of hydrogen-bond acceptors (Lipinski definition) is 7. The van der Waals surface area contributed by atoms with Crippen molar-refractivity contribution < 1.29 is 33.2 Å². The molecule has 232 valence electrons. The first-order valence-electron chi connectivity index (χ1n) is 15.4. The first-order chi connectivity index (χ1) is 20.4. The highest BCUT2D eigenvalue weighted by Gasteiger charge is 2.53. The van der Waals surface area contributed by atoms with Gasteiger partial charge in [0.05, 0.1) is 17.8 Å². The van der Waals surface area contributed by atoms with Crippen LogP contribution in [-0.2, 0) is 35.0 Å². The number of carbonyl (C=O) groups is 3. The van der Waals surface area contributed by atoms with E-state index in [0.717, 1.165) is 30.3 Å². The second-order valence-corrected chi connectivity index (χ2v) is 12.4. The summed E-state index contributed by atoms with van der Waals surface area (Å²) >= 11 is 0. The Bertz CT molecular complexity index is 1270. The van der Waals surface area contributed by atoms with Crippen molar-refractivity contribution in [3.05, 3.63) is 54.1 Å².